The van der Waals surface area contributed by atoms with Gasteiger partial charge < -0.3 is 10.1 Å². The minimum Gasteiger partial charge on any atom is -0.396 e. The van der Waals surface area contributed by atoms with Gasteiger partial charge in [-0.05, 0) is 41.7 Å². The molecule has 0 saturated heterocycles. The summed E-state index contributed by atoms with van der Waals surface area (Å²) in [6.07, 6.45) is 3.88. The van der Waals surface area contributed by atoms with Gasteiger partial charge >= 0.3 is 0 Å². The van der Waals surface area contributed by atoms with Crippen LogP contribution >= 0.6 is 11.6 Å². The minimum atomic E-state index is 0.242. The Bertz CT molecular complexity index is 485. The number of nitrogens with one attached hydrogen (secondary N) is 1. The van der Waals surface area contributed by atoms with Gasteiger partial charge in [0.25, 0.3) is 0 Å². The van der Waals surface area contributed by atoms with Crippen molar-refractivity contribution >= 4 is 11.6 Å². The second-order valence-corrected chi connectivity index (χ2v) is 5.02. The van der Waals surface area contributed by atoms with Gasteiger partial charge in [-0.2, -0.15) is 0 Å². The molecule has 0 aliphatic carbocycles. The Labute approximate surface area is 113 Å². The van der Waals surface area contributed by atoms with Gasteiger partial charge in [0.2, 0.25) is 0 Å². The first-order chi connectivity index (χ1) is 8.72. The van der Waals surface area contributed by atoms with E-state index in [1.807, 2.05) is 30.5 Å². The van der Waals surface area contributed by atoms with Crippen molar-refractivity contribution in [3.05, 3.63) is 47.2 Å². The molecule has 2 nitrogen and oxygen atoms in total. The van der Waals surface area contributed by atoms with Gasteiger partial charge in [0, 0.05) is 23.5 Å². The van der Waals surface area contributed by atoms with E-state index in [0.29, 0.717) is 5.92 Å². The van der Waals surface area contributed by atoms with Gasteiger partial charge in [-0.3, -0.25) is 0 Å². The van der Waals surface area contributed by atoms with E-state index >= 15 is 0 Å². The highest BCUT2D eigenvalue weighted by atomic mass is 35.5. The van der Waals surface area contributed by atoms with Crippen molar-refractivity contribution in [1.29, 1.82) is 0 Å². The van der Waals surface area contributed by atoms with Crippen molar-refractivity contribution in [2.45, 2.75) is 19.8 Å². The molecule has 2 N–H and O–H groups in total. The van der Waals surface area contributed by atoms with Crippen molar-refractivity contribution in [1.82, 2.24) is 4.98 Å². The lowest BCUT2D eigenvalue weighted by Crippen LogP contribution is -2.08. The summed E-state index contributed by atoms with van der Waals surface area (Å²) < 4.78 is 0. The Morgan fingerprint density at radius 2 is 1.94 bits per heavy atom. The predicted octanol–water partition coefficient (Wildman–Crippen LogP) is 3.90. The number of aromatic nitrogens is 1. The number of aliphatic hydroxyl groups excluding tert-OH is 1. The third-order valence-electron chi connectivity index (χ3n) is 3.26. The van der Waals surface area contributed by atoms with Gasteiger partial charge in [-0.1, -0.05) is 37.1 Å². The molecule has 2 rings (SSSR count). The summed E-state index contributed by atoms with van der Waals surface area (Å²) in [6, 6.07) is 9.96. The highest BCUT2D eigenvalue weighted by Crippen LogP contribution is 2.23. The Hall–Kier alpha value is -1.25. The number of rotatable bonds is 5. The van der Waals surface area contributed by atoms with E-state index in [0.717, 1.165) is 29.0 Å². The monoisotopic (exact) mass is 263 g/mol. The number of H-pyrrole nitrogens is 1. The zero-order chi connectivity index (χ0) is 13.0. The van der Waals surface area contributed by atoms with Gasteiger partial charge in [-0.15, -0.1) is 0 Å². The van der Waals surface area contributed by atoms with E-state index in [4.69, 9.17) is 11.6 Å². The number of hydrogen-bond acceptors (Lipinski definition) is 1. The SMILES string of the molecule is CCC(CO)Cc1cc(-c2ccc(Cl)cc2)c[nH]1. The second kappa shape index (κ2) is 6.07. The summed E-state index contributed by atoms with van der Waals surface area (Å²) in [5, 5.41) is 9.96. The average Bonchev–Trinajstić information content (AvgIpc) is 2.85. The molecule has 0 spiro atoms. The van der Waals surface area contributed by atoms with Crippen molar-refractivity contribution in [3.63, 3.8) is 0 Å². The van der Waals surface area contributed by atoms with E-state index in [9.17, 15) is 5.11 Å². The fourth-order valence-electron chi connectivity index (χ4n) is 2.02. The summed E-state index contributed by atoms with van der Waals surface area (Å²) >= 11 is 5.88. The van der Waals surface area contributed by atoms with Crippen LogP contribution in [0.5, 0.6) is 0 Å². The molecular weight excluding hydrogens is 246 g/mol. The number of benzene rings is 1. The molecule has 18 heavy (non-hydrogen) atoms. The summed E-state index contributed by atoms with van der Waals surface area (Å²) in [7, 11) is 0. The van der Waals surface area contributed by atoms with Crippen LogP contribution in [0.3, 0.4) is 0 Å². The average molecular weight is 264 g/mol. The van der Waals surface area contributed by atoms with Gasteiger partial charge in [-0.25, -0.2) is 0 Å². The lowest BCUT2D eigenvalue weighted by molar-refractivity contribution is 0.221. The standard InChI is InChI=1S/C15H18ClNO/c1-2-11(10-18)7-15-8-13(9-17-15)12-3-5-14(16)6-4-12/h3-6,8-9,11,17-18H,2,7,10H2,1H3. The van der Waals surface area contributed by atoms with E-state index in [2.05, 4.69) is 18.0 Å². The molecule has 0 amide bonds. The zero-order valence-corrected chi connectivity index (χ0v) is 11.2. The predicted molar refractivity (Wildman–Crippen MR) is 75.8 cm³/mol. The first-order valence-corrected chi connectivity index (χ1v) is 6.64. The largest absolute Gasteiger partial charge is 0.396 e. The van der Waals surface area contributed by atoms with E-state index < -0.39 is 0 Å². The number of aliphatic hydroxyl groups is 1. The van der Waals surface area contributed by atoms with Crippen LogP contribution in [0.25, 0.3) is 11.1 Å². The molecule has 0 fully saturated rings. The molecule has 0 saturated carbocycles. The lowest BCUT2D eigenvalue weighted by Gasteiger charge is -2.09. The third kappa shape index (κ3) is 3.15. The highest BCUT2D eigenvalue weighted by Gasteiger charge is 2.08. The van der Waals surface area contributed by atoms with Crippen LogP contribution < -0.4 is 0 Å². The molecule has 1 heterocycles. The number of hydrogen-bond donors (Lipinski definition) is 2. The fourth-order valence-corrected chi connectivity index (χ4v) is 2.14. The molecule has 3 heteroatoms. The Balaban J connectivity index is 2.12. The summed E-state index contributed by atoms with van der Waals surface area (Å²) in [6.45, 7) is 2.34. The van der Waals surface area contributed by atoms with E-state index in [-0.39, 0.29) is 6.61 Å². The summed E-state index contributed by atoms with van der Waals surface area (Å²) in [5.41, 5.74) is 3.48. The lowest BCUT2D eigenvalue weighted by atomic mass is 10.0. The maximum atomic E-state index is 9.21. The van der Waals surface area contributed by atoms with Crippen LogP contribution in [0.1, 0.15) is 19.0 Å². The molecule has 96 valence electrons. The van der Waals surface area contributed by atoms with Crippen LogP contribution in [-0.4, -0.2) is 16.7 Å². The first-order valence-electron chi connectivity index (χ1n) is 6.27. The second-order valence-electron chi connectivity index (χ2n) is 4.58. The van der Waals surface area contributed by atoms with Crippen molar-refractivity contribution < 1.29 is 5.11 Å². The van der Waals surface area contributed by atoms with Crippen molar-refractivity contribution in [2.24, 2.45) is 5.92 Å². The van der Waals surface area contributed by atoms with Crippen LogP contribution in [0.2, 0.25) is 5.02 Å². The van der Waals surface area contributed by atoms with Crippen LogP contribution in [0, 0.1) is 5.92 Å². The Morgan fingerprint density at radius 1 is 1.22 bits per heavy atom. The molecular formula is C15H18ClNO. The van der Waals surface area contributed by atoms with Gasteiger partial charge in [0.1, 0.15) is 0 Å². The quantitative estimate of drug-likeness (QED) is 0.843. The molecule has 0 radical (unpaired) electrons. The van der Waals surface area contributed by atoms with E-state index in [1.165, 1.54) is 5.69 Å². The van der Waals surface area contributed by atoms with Gasteiger partial charge in [0.05, 0.1) is 0 Å². The molecule has 0 bridgehead atoms. The molecule has 1 unspecified atom stereocenters. The Kier molecular flexibility index (Phi) is 4.45. The zero-order valence-electron chi connectivity index (χ0n) is 10.5. The maximum Gasteiger partial charge on any atom is 0.0462 e. The minimum absolute atomic E-state index is 0.242. The highest BCUT2D eigenvalue weighted by molar-refractivity contribution is 6.30. The van der Waals surface area contributed by atoms with Crippen molar-refractivity contribution in [2.75, 3.05) is 6.61 Å². The topological polar surface area (TPSA) is 36.0 Å². The van der Waals surface area contributed by atoms with Crippen LogP contribution in [0.15, 0.2) is 36.5 Å². The van der Waals surface area contributed by atoms with Crippen LogP contribution in [-0.2, 0) is 6.42 Å². The van der Waals surface area contributed by atoms with E-state index in [1.54, 1.807) is 0 Å². The normalized spacial score (nSPS) is 12.6. The molecule has 1 atom stereocenters. The molecule has 1 aromatic carbocycles. The van der Waals surface area contributed by atoms with Crippen LogP contribution in [0.4, 0.5) is 0 Å². The Morgan fingerprint density at radius 3 is 2.56 bits per heavy atom. The molecule has 1 aromatic heterocycles. The maximum absolute atomic E-state index is 9.21. The molecule has 2 aromatic rings. The smallest absolute Gasteiger partial charge is 0.0462 e. The molecule has 0 aliphatic heterocycles. The summed E-state index contributed by atoms with van der Waals surface area (Å²) in [5.74, 6) is 0.335. The summed E-state index contributed by atoms with van der Waals surface area (Å²) in [4.78, 5) is 3.27. The first kappa shape index (κ1) is 13.2. The third-order valence-corrected chi connectivity index (χ3v) is 3.52. The fraction of sp³-hybridized carbons (Fsp3) is 0.333. The van der Waals surface area contributed by atoms with Crippen molar-refractivity contribution in [3.8, 4) is 11.1 Å². The van der Waals surface area contributed by atoms with Gasteiger partial charge in [0.15, 0.2) is 0 Å². The molecule has 0 aliphatic rings. The number of halogens is 1. The number of aromatic amines is 1.